The number of rotatable bonds is 4. The quantitative estimate of drug-likeness (QED) is 0.246. The van der Waals surface area contributed by atoms with Crippen molar-refractivity contribution in [2.45, 2.75) is 18.0 Å². The second-order valence-corrected chi connectivity index (χ2v) is 9.52. The van der Waals surface area contributed by atoms with E-state index in [0.717, 1.165) is 39.9 Å². The molecule has 0 aliphatic heterocycles. The first-order valence-electron chi connectivity index (χ1n) is 11.2. The van der Waals surface area contributed by atoms with Gasteiger partial charge in [0.2, 0.25) is 0 Å². The molecule has 5 rings (SSSR count). The number of aromatic nitrogens is 3. The minimum Gasteiger partial charge on any atom is -0.340 e. The SMILES string of the molecule is Cc1c(Nc2ccc(C(F)(F)F)cc2)ncnc1-c1ccc2cccnc2c1.O=S(=O)(O)c1ccccc1. The van der Waals surface area contributed by atoms with E-state index >= 15 is 0 Å². The molecule has 0 spiro atoms. The van der Waals surface area contributed by atoms with Crippen molar-refractivity contribution in [1.82, 2.24) is 15.0 Å². The topological polar surface area (TPSA) is 105 Å². The Labute approximate surface area is 216 Å². The van der Waals surface area contributed by atoms with Crippen LogP contribution in [0.25, 0.3) is 22.2 Å². The molecule has 2 aromatic heterocycles. The molecule has 194 valence electrons. The van der Waals surface area contributed by atoms with Gasteiger partial charge in [-0.05, 0) is 55.5 Å². The molecule has 0 saturated carbocycles. The molecule has 0 radical (unpaired) electrons. The Morgan fingerprint density at radius 3 is 2.18 bits per heavy atom. The molecule has 0 unspecified atom stereocenters. The average molecular weight is 539 g/mol. The Morgan fingerprint density at radius 2 is 1.55 bits per heavy atom. The number of pyridine rings is 1. The number of halogens is 3. The predicted octanol–water partition coefficient (Wildman–Crippen LogP) is 6.70. The summed E-state index contributed by atoms with van der Waals surface area (Å²) in [6.45, 7) is 1.87. The molecule has 5 aromatic rings. The largest absolute Gasteiger partial charge is 0.416 e. The highest BCUT2D eigenvalue weighted by Crippen LogP contribution is 2.32. The molecule has 0 fully saturated rings. The average Bonchev–Trinajstić information content (AvgIpc) is 2.90. The van der Waals surface area contributed by atoms with Gasteiger partial charge in [-0.3, -0.25) is 9.54 Å². The van der Waals surface area contributed by atoms with E-state index in [1.165, 1.54) is 30.6 Å². The van der Waals surface area contributed by atoms with Crippen LogP contribution in [0, 0.1) is 6.92 Å². The third kappa shape index (κ3) is 6.50. The number of anilines is 2. The van der Waals surface area contributed by atoms with Gasteiger partial charge in [0.05, 0.1) is 21.7 Å². The lowest BCUT2D eigenvalue weighted by molar-refractivity contribution is -0.137. The molecule has 2 heterocycles. The Bertz CT molecular complexity index is 1660. The van der Waals surface area contributed by atoms with Crippen LogP contribution in [0.2, 0.25) is 0 Å². The van der Waals surface area contributed by atoms with Crippen molar-refractivity contribution < 1.29 is 26.1 Å². The van der Waals surface area contributed by atoms with Crippen molar-refractivity contribution in [3.8, 4) is 11.3 Å². The molecule has 0 atom stereocenters. The van der Waals surface area contributed by atoms with E-state index in [4.69, 9.17) is 4.55 Å². The molecule has 38 heavy (non-hydrogen) atoms. The molecule has 2 N–H and O–H groups in total. The molecular weight excluding hydrogens is 517 g/mol. The molecule has 0 amide bonds. The van der Waals surface area contributed by atoms with Gasteiger partial charge in [-0.15, -0.1) is 0 Å². The highest BCUT2D eigenvalue weighted by Gasteiger charge is 2.30. The number of benzene rings is 3. The van der Waals surface area contributed by atoms with Crippen LogP contribution in [0.3, 0.4) is 0 Å². The summed E-state index contributed by atoms with van der Waals surface area (Å²) < 4.78 is 67.4. The second kappa shape index (κ2) is 11.0. The van der Waals surface area contributed by atoms with Gasteiger partial charge in [0.1, 0.15) is 12.1 Å². The standard InChI is InChI=1S/C21H15F3N4.C6H6O3S/c1-13-19(15-5-4-14-3-2-10-25-18(14)11-15)26-12-27-20(13)28-17-8-6-16(7-9-17)21(22,23)24;7-10(8,9)6-4-2-1-3-5-6/h2-12H,1H3,(H,26,27,28);1-5H,(H,7,8,9). The maximum absolute atomic E-state index is 12.7. The van der Waals surface area contributed by atoms with Crippen molar-refractivity contribution in [2.75, 3.05) is 5.32 Å². The summed E-state index contributed by atoms with van der Waals surface area (Å²) in [6, 6.07) is 22.0. The van der Waals surface area contributed by atoms with E-state index in [-0.39, 0.29) is 4.90 Å². The van der Waals surface area contributed by atoms with Crippen molar-refractivity contribution in [2.24, 2.45) is 0 Å². The smallest absolute Gasteiger partial charge is 0.340 e. The second-order valence-electron chi connectivity index (χ2n) is 8.09. The van der Waals surface area contributed by atoms with Gasteiger partial charge in [-0.1, -0.05) is 36.4 Å². The van der Waals surface area contributed by atoms with E-state index < -0.39 is 21.9 Å². The van der Waals surface area contributed by atoms with Crippen molar-refractivity contribution in [1.29, 1.82) is 0 Å². The monoisotopic (exact) mass is 538 g/mol. The summed E-state index contributed by atoms with van der Waals surface area (Å²) in [4.78, 5) is 12.9. The molecule has 0 aliphatic carbocycles. The van der Waals surface area contributed by atoms with E-state index in [2.05, 4.69) is 20.3 Å². The highest BCUT2D eigenvalue weighted by molar-refractivity contribution is 7.85. The Hall–Kier alpha value is -4.35. The fraction of sp³-hybridized carbons (Fsp3) is 0.0741. The van der Waals surface area contributed by atoms with Crippen LogP contribution < -0.4 is 5.32 Å². The van der Waals surface area contributed by atoms with E-state index in [1.807, 2.05) is 37.3 Å². The first-order valence-corrected chi connectivity index (χ1v) is 12.6. The molecule has 0 saturated heterocycles. The highest BCUT2D eigenvalue weighted by atomic mass is 32.2. The van der Waals surface area contributed by atoms with Gasteiger partial charge in [0.25, 0.3) is 10.1 Å². The van der Waals surface area contributed by atoms with Crippen molar-refractivity contribution in [3.63, 3.8) is 0 Å². The lowest BCUT2D eigenvalue weighted by Crippen LogP contribution is -2.05. The summed E-state index contributed by atoms with van der Waals surface area (Å²) in [5.74, 6) is 0.533. The van der Waals surface area contributed by atoms with E-state index in [1.54, 1.807) is 24.4 Å². The van der Waals surface area contributed by atoms with Crippen LogP contribution in [0.4, 0.5) is 24.7 Å². The van der Waals surface area contributed by atoms with Crippen LogP contribution >= 0.6 is 0 Å². The number of nitrogens with zero attached hydrogens (tertiary/aromatic N) is 3. The molecule has 0 aliphatic rings. The van der Waals surface area contributed by atoms with Crippen molar-refractivity contribution in [3.05, 3.63) is 109 Å². The van der Waals surface area contributed by atoms with Crippen LogP contribution in [0.5, 0.6) is 0 Å². The maximum Gasteiger partial charge on any atom is 0.416 e. The number of alkyl halides is 3. The van der Waals surface area contributed by atoms with Crippen LogP contribution in [-0.4, -0.2) is 27.9 Å². The Kier molecular flexibility index (Phi) is 7.70. The van der Waals surface area contributed by atoms with Gasteiger partial charge in [0.15, 0.2) is 0 Å². The molecule has 0 bridgehead atoms. The first kappa shape index (κ1) is 26.7. The normalized spacial score (nSPS) is 11.5. The molecule has 11 heteroatoms. The minimum atomic E-state index is -4.36. The van der Waals surface area contributed by atoms with Gasteiger partial charge < -0.3 is 5.32 Å². The van der Waals surface area contributed by atoms with E-state index in [0.29, 0.717) is 11.5 Å². The fourth-order valence-corrected chi connectivity index (χ4v) is 4.05. The van der Waals surface area contributed by atoms with Crippen LogP contribution in [0.1, 0.15) is 11.1 Å². The third-order valence-electron chi connectivity index (χ3n) is 5.48. The van der Waals surface area contributed by atoms with Gasteiger partial charge in [0, 0.05) is 28.4 Å². The first-order chi connectivity index (χ1) is 18.0. The van der Waals surface area contributed by atoms with Gasteiger partial charge in [-0.2, -0.15) is 21.6 Å². The van der Waals surface area contributed by atoms with Crippen molar-refractivity contribution >= 4 is 32.5 Å². The zero-order chi connectivity index (χ0) is 27.3. The van der Waals surface area contributed by atoms with Gasteiger partial charge >= 0.3 is 6.18 Å². The van der Waals surface area contributed by atoms with Crippen LogP contribution in [-0.2, 0) is 16.3 Å². The Morgan fingerprint density at radius 1 is 0.842 bits per heavy atom. The minimum absolute atomic E-state index is 0.0741. The summed E-state index contributed by atoms with van der Waals surface area (Å²) in [6.07, 6.45) is -1.20. The lowest BCUT2D eigenvalue weighted by Gasteiger charge is -2.13. The summed E-state index contributed by atoms with van der Waals surface area (Å²) >= 11 is 0. The molecule has 7 nitrogen and oxygen atoms in total. The zero-order valence-corrected chi connectivity index (χ0v) is 20.7. The summed E-state index contributed by atoms with van der Waals surface area (Å²) in [5, 5.41) is 4.09. The number of fused-ring (bicyclic) bond motifs is 1. The number of hydrogen-bond acceptors (Lipinski definition) is 6. The fourth-order valence-electron chi connectivity index (χ4n) is 3.55. The zero-order valence-electron chi connectivity index (χ0n) is 19.9. The summed E-state index contributed by atoms with van der Waals surface area (Å²) in [5.41, 5.74) is 3.09. The predicted molar refractivity (Wildman–Crippen MR) is 138 cm³/mol. The van der Waals surface area contributed by atoms with E-state index in [9.17, 15) is 21.6 Å². The number of hydrogen-bond donors (Lipinski definition) is 2. The Balaban J connectivity index is 0.000000283. The number of nitrogens with one attached hydrogen (secondary N) is 1. The summed E-state index contributed by atoms with van der Waals surface area (Å²) in [7, 11) is -4.00. The third-order valence-corrected chi connectivity index (χ3v) is 6.35. The lowest BCUT2D eigenvalue weighted by atomic mass is 10.0. The van der Waals surface area contributed by atoms with Gasteiger partial charge in [-0.25, -0.2) is 9.97 Å². The molecule has 3 aromatic carbocycles. The van der Waals surface area contributed by atoms with Crippen LogP contribution in [0.15, 0.2) is 102 Å². The molecular formula is C27H21F3N4O3S. The maximum atomic E-state index is 12.7.